The molecule has 0 aliphatic carbocycles. The summed E-state index contributed by atoms with van der Waals surface area (Å²) >= 11 is 0. The van der Waals surface area contributed by atoms with Crippen LogP contribution in [0, 0.1) is 0 Å². The molecule has 0 saturated carbocycles. The van der Waals surface area contributed by atoms with Gasteiger partial charge in [0.05, 0.1) is 34.4 Å². The van der Waals surface area contributed by atoms with E-state index in [0.29, 0.717) is 19.3 Å². The number of aliphatic carboxylic acids is 1. The Balaban J connectivity index is 4.41. The van der Waals surface area contributed by atoms with Crippen LogP contribution in [0.25, 0.3) is 0 Å². The van der Waals surface area contributed by atoms with Gasteiger partial charge in [-0.3, -0.25) is 9.59 Å². The van der Waals surface area contributed by atoms with E-state index in [-0.39, 0.29) is 36.2 Å². The first-order valence-electron chi connectivity index (χ1n) is 20.2. The number of carbonyl (C=O) groups excluding carboxylic acids is 2. The lowest BCUT2D eigenvalue weighted by atomic mass is 10.0. The molecule has 288 valence electrons. The van der Waals surface area contributed by atoms with Gasteiger partial charge in [0.1, 0.15) is 6.61 Å². The lowest BCUT2D eigenvalue weighted by molar-refractivity contribution is -0.887. The average molecular weight is 697 g/mol. The highest BCUT2D eigenvalue weighted by atomic mass is 16.6. The second kappa shape index (κ2) is 33.2. The zero-order valence-corrected chi connectivity index (χ0v) is 32.7. The summed E-state index contributed by atoms with van der Waals surface area (Å²) < 4.78 is 17.2. The predicted octanol–water partition coefficient (Wildman–Crippen LogP) is 10.4. The summed E-state index contributed by atoms with van der Waals surface area (Å²) in [6, 6.07) is -0.611. The highest BCUT2D eigenvalue weighted by Crippen LogP contribution is 2.14. The number of carboxylic acid groups (broad SMARTS) is 1. The van der Waals surface area contributed by atoms with Crippen LogP contribution in [0.5, 0.6) is 0 Å². The van der Waals surface area contributed by atoms with Crippen molar-refractivity contribution >= 4 is 17.9 Å². The molecule has 0 amide bonds. The Morgan fingerprint density at radius 1 is 0.592 bits per heavy atom. The monoisotopic (exact) mass is 697 g/mol. The first kappa shape index (κ1) is 47.1. The fourth-order valence-corrected chi connectivity index (χ4v) is 5.97. The third kappa shape index (κ3) is 31.8. The number of unbranched alkanes of at least 4 members (excludes halogenated alkanes) is 20. The van der Waals surface area contributed by atoms with Crippen molar-refractivity contribution in [2.24, 2.45) is 0 Å². The number of quaternary nitrogens is 1. The fraction of sp³-hybridized carbons (Fsp3) is 0.878. The molecule has 49 heavy (non-hydrogen) atoms. The predicted molar refractivity (Wildman–Crippen MR) is 202 cm³/mol. The van der Waals surface area contributed by atoms with Crippen molar-refractivity contribution in [2.75, 3.05) is 41.0 Å². The SMILES string of the molecule is CCCCCCCC/C=C/CCCCCC(=O)OC(COCCC(C(=O)O)[N+](C)(C)C)COC(=O)CCCCCCCCCCCCCC. The molecule has 0 bridgehead atoms. The molecule has 0 radical (unpaired) electrons. The molecule has 0 aromatic heterocycles. The van der Waals surface area contributed by atoms with Crippen LogP contribution in [0.2, 0.25) is 0 Å². The third-order valence-corrected chi connectivity index (χ3v) is 9.16. The van der Waals surface area contributed by atoms with E-state index in [2.05, 4.69) is 26.0 Å². The van der Waals surface area contributed by atoms with E-state index in [0.717, 1.165) is 51.4 Å². The van der Waals surface area contributed by atoms with E-state index in [9.17, 15) is 19.5 Å². The van der Waals surface area contributed by atoms with E-state index in [1.807, 2.05) is 21.1 Å². The number of esters is 2. The van der Waals surface area contributed by atoms with Gasteiger partial charge in [-0.2, -0.15) is 0 Å². The normalized spacial score (nSPS) is 13.1. The number of likely N-dealkylation sites (N-methyl/N-ethyl adjacent to an activating group) is 1. The van der Waals surface area contributed by atoms with E-state index in [4.69, 9.17) is 14.2 Å². The number of carbonyl (C=O) groups is 3. The standard InChI is InChI=1S/C41H77NO7/c1-6-8-10-12-14-16-18-20-22-24-26-28-30-32-40(44)49-37(35-47-34-33-38(41(45)46)42(3,4)5)36-48-39(43)31-29-27-25-23-21-19-17-15-13-11-9-7-2/h20,22,37-38H,6-19,21,23-36H2,1-5H3/p+1/b22-20+. The van der Waals surface area contributed by atoms with Gasteiger partial charge in [0.25, 0.3) is 0 Å². The molecule has 2 unspecified atom stereocenters. The van der Waals surface area contributed by atoms with Gasteiger partial charge in [-0.1, -0.05) is 135 Å². The van der Waals surface area contributed by atoms with Gasteiger partial charge in [0, 0.05) is 19.3 Å². The molecule has 8 heteroatoms. The molecule has 0 spiro atoms. The number of nitrogens with zero attached hydrogens (tertiary/aromatic N) is 1. The molecule has 0 fully saturated rings. The average Bonchev–Trinajstić information content (AvgIpc) is 3.05. The number of allylic oxidation sites excluding steroid dienone is 2. The zero-order chi connectivity index (χ0) is 36.4. The number of rotatable bonds is 36. The lowest BCUT2D eigenvalue weighted by Gasteiger charge is -2.31. The van der Waals surface area contributed by atoms with E-state index >= 15 is 0 Å². The summed E-state index contributed by atoms with van der Waals surface area (Å²) in [5.74, 6) is -1.48. The lowest BCUT2D eigenvalue weighted by Crippen LogP contribution is -2.50. The van der Waals surface area contributed by atoms with Gasteiger partial charge < -0.3 is 23.8 Å². The van der Waals surface area contributed by atoms with Crippen LogP contribution in [0.1, 0.15) is 181 Å². The summed E-state index contributed by atoms with van der Waals surface area (Å²) in [7, 11) is 5.52. The number of carboxylic acids is 1. The number of hydrogen-bond donors (Lipinski definition) is 1. The third-order valence-electron chi connectivity index (χ3n) is 9.16. The summed E-state index contributed by atoms with van der Waals surface area (Å²) in [4.78, 5) is 36.8. The topological polar surface area (TPSA) is 99.1 Å². The zero-order valence-electron chi connectivity index (χ0n) is 32.7. The smallest absolute Gasteiger partial charge is 0.362 e. The van der Waals surface area contributed by atoms with Crippen molar-refractivity contribution < 1.29 is 38.2 Å². The Labute approximate surface area is 301 Å². The van der Waals surface area contributed by atoms with Crippen LogP contribution in [-0.2, 0) is 28.6 Å². The molecule has 0 rings (SSSR count). The molecule has 2 atom stereocenters. The molecular formula is C41H78NO7+. The largest absolute Gasteiger partial charge is 0.477 e. The van der Waals surface area contributed by atoms with E-state index in [1.54, 1.807) is 0 Å². The highest BCUT2D eigenvalue weighted by Gasteiger charge is 2.31. The number of ether oxygens (including phenoxy) is 3. The molecule has 0 saturated heterocycles. The number of hydrogen-bond acceptors (Lipinski definition) is 6. The van der Waals surface area contributed by atoms with Crippen molar-refractivity contribution in [1.82, 2.24) is 0 Å². The van der Waals surface area contributed by atoms with Crippen molar-refractivity contribution in [2.45, 2.75) is 193 Å². The second-order valence-corrected chi connectivity index (χ2v) is 14.9. The van der Waals surface area contributed by atoms with Crippen LogP contribution in [-0.4, -0.2) is 80.6 Å². The van der Waals surface area contributed by atoms with E-state index < -0.39 is 18.1 Å². The fourth-order valence-electron chi connectivity index (χ4n) is 5.97. The summed E-state index contributed by atoms with van der Waals surface area (Å²) in [5.41, 5.74) is 0. The molecule has 0 aromatic carbocycles. The Kier molecular flexibility index (Phi) is 31.9. The minimum absolute atomic E-state index is 0.0517. The molecular weight excluding hydrogens is 618 g/mol. The van der Waals surface area contributed by atoms with Gasteiger partial charge in [-0.25, -0.2) is 4.79 Å². The van der Waals surface area contributed by atoms with Crippen LogP contribution in [0.3, 0.4) is 0 Å². The van der Waals surface area contributed by atoms with Gasteiger partial charge in [0.2, 0.25) is 0 Å². The maximum absolute atomic E-state index is 12.6. The Hall–Kier alpha value is -1.93. The Morgan fingerprint density at radius 3 is 1.49 bits per heavy atom. The minimum Gasteiger partial charge on any atom is -0.477 e. The Bertz CT molecular complexity index is 823. The quantitative estimate of drug-likeness (QED) is 0.0301. The van der Waals surface area contributed by atoms with Crippen molar-refractivity contribution in [3.05, 3.63) is 12.2 Å². The van der Waals surface area contributed by atoms with Crippen LogP contribution in [0.15, 0.2) is 12.2 Å². The van der Waals surface area contributed by atoms with Crippen molar-refractivity contribution in [3.8, 4) is 0 Å². The molecule has 0 aromatic rings. The molecule has 1 N–H and O–H groups in total. The van der Waals surface area contributed by atoms with Crippen molar-refractivity contribution in [1.29, 1.82) is 0 Å². The Morgan fingerprint density at radius 2 is 1.02 bits per heavy atom. The summed E-state index contributed by atoms with van der Waals surface area (Å²) in [5, 5.41) is 9.58. The first-order valence-corrected chi connectivity index (χ1v) is 20.2. The maximum Gasteiger partial charge on any atom is 0.362 e. The molecule has 0 aliphatic rings. The van der Waals surface area contributed by atoms with Crippen molar-refractivity contribution in [3.63, 3.8) is 0 Å². The van der Waals surface area contributed by atoms with Crippen LogP contribution in [0.4, 0.5) is 0 Å². The van der Waals surface area contributed by atoms with Gasteiger partial charge in [0.15, 0.2) is 12.1 Å². The summed E-state index contributed by atoms with van der Waals surface area (Å²) in [6.07, 6.45) is 32.5. The van der Waals surface area contributed by atoms with Gasteiger partial charge in [-0.05, 0) is 38.5 Å². The molecule has 0 heterocycles. The molecule has 8 nitrogen and oxygen atoms in total. The van der Waals surface area contributed by atoms with Gasteiger partial charge >= 0.3 is 17.9 Å². The van der Waals surface area contributed by atoms with Crippen LogP contribution < -0.4 is 0 Å². The second-order valence-electron chi connectivity index (χ2n) is 14.9. The summed E-state index contributed by atoms with van der Waals surface area (Å²) in [6.45, 7) is 4.71. The highest BCUT2D eigenvalue weighted by molar-refractivity contribution is 5.72. The molecule has 0 aliphatic heterocycles. The first-order chi connectivity index (χ1) is 23.6. The minimum atomic E-state index is -0.876. The van der Waals surface area contributed by atoms with E-state index in [1.165, 1.54) is 96.3 Å². The van der Waals surface area contributed by atoms with Crippen LogP contribution >= 0.6 is 0 Å². The van der Waals surface area contributed by atoms with Gasteiger partial charge in [-0.15, -0.1) is 0 Å². The maximum atomic E-state index is 12.6.